The summed E-state index contributed by atoms with van der Waals surface area (Å²) in [7, 11) is 4.39. The lowest BCUT2D eigenvalue weighted by molar-refractivity contribution is -0.115. The predicted molar refractivity (Wildman–Crippen MR) is 98.5 cm³/mol. The fourth-order valence-electron chi connectivity index (χ4n) is 2.24. The van der Waals surface area contributed by atoms with Gasteiger partial charge >= 0.3 is 0 Å². The number of rotatable bonds is 7. The molecule has 8 heteroatoms. The first-order valence-corrected chi connectivity index (χ1v) is 8.00. The van der Waals surface area contributed by atoms with Gasteiger partial charge in [-0.1, -0.05) is 23.7 Å². The summed E-state index contributed by atoms with van der Waals surface area (Å²) in [6, 6.07) is 9.81. The van der Waals surface area contributed by atoms with Gasteiger partial charge in [0.25, 0.3) is 5.91 Å². The summed E-state index contributed by atoms with van der Waals surface area (Å²) in [5, 5.41) is 5.55. The van der Waals surface area contributed by atoms with Gasteiger partial charge in [0.1, 0.15) is 17.2 Å². The molecule has 0 atom stereocenters. The van der Waals surface area contributed by atoms with Crippen molar-refractivity contribution in [1.82, 2.24) is 5.32 Å². The maximum absolute atomic E-state index is 12.2. The van der Waals surface area contributed by atoms with E-state index in [4.69, 9.17) is 25.8 Å². The number of methoxy groups -OCH3 is 3. The number of nitrogens with one attached hydrogen (secondary N) is 2. The van der Waals surface area contributed by atoms with E-state index in [1.54, 1.807) is 30.3 Å². The van der Waals surface area contributed by atoms with E-state index in [0.717, 1.165) is 0 Å². The summed E-state index contributed by atoms with van der Waals surface area (Å²) in [6.07, 6.45) is 0. The largest absolute Gasteiger partial charge is 0.496 e. The molecule has 2 amide bonds. The molecule has 0 bridgehead atoms. The zero-order valence-corrected chi connectivity index (χ0v) is 15.3. The Kier molecular flexibility index (Phi) is 6.68. The summed E-state index contributed by atoms with van der Waals surface area (Å²) in [4.78, 5) is 24.4. The Bertz CT molecular complexity index is 810. The number of carbonyl (C=O) groups is 2. The Morgan fingerprint density at radius 2 is 1.62 bits per heavy atom. The van der Waals surface area contributed by atoms with Crippen LogP contribution in [0.3, 0.4) is 0 Å². The third-order valence-corrected chi connectivity index (χ3v) is 3.80. The Morgan fingerprint density at radius 1 is 0.962 bits per heavy atom. The second-order valence-electron chi connectivity index (χ2n) is 5.12. The smallest absolute Gasteiger partial charge is 0.255 e. The molecule has 2 rings (SSSR count). The maximum atomic E-state index is 12.2. The van der Waals surface area contributed by atoms with Gasteiger partial charge in [-0.15, -0.1) is 0 Å². The molecule has 0 aliphatic heterocycles. The number of hydrogen-bond acceptors (Lipinski definition) is 5. The molecule has 0 aliphatic rings. The summed E-state index contributed by atoms with van der Waals surface area (Å²) in [6.45, 7) is -0.231. The SMILES string of the molecule is COc1cc(NC(=O)CNC(=O)c2ccccc2OC)c(OC)cc1Cl. The molecule has 0 unspecified atom stereocenters. The quantitative estimate of drug-likeness (QED) is 0.773. The lowest BCUT2D eigenvalue weighted by Gasteiger charge is -2.13. The first-order chi connectivity index (χ1) is 12.5. The molecule has 26 heavy (non-hydrogen) atoms. The third kappa shape index (κ3) is 4.58. The molecule has 0 spiro atoms. The molecule has 0 heterocycles. The number of ether oxygens (including phenoxy) is 3. The Hall–Kier alpha value is -2.93. The molecule has 2 aromatic carbocycles. The number of para-hydroxylation sites is 1. The fourth-order valence-corrected chi connectivity index (χ4v) is 2.47. The van der Waals surface area contributed by atoms with Crippen LogP contribution in [0.2, 0.25) is 5.02 Å². The van der Waals surface area contributed by atoms with Gasteiger partial charge in [-0.05, 0) is 12.1 Å². The van der Waals surface area contributed by atoms with Crippen molar-refractivity contribution in [1.29, 1.82) is 0 Å². The number of anilines is 1. The maximum Gasteiger partial charge on any atom is 0.255 e. The first-order valence-electron chi connectivity index (χ1n) is 7.62. The molecule has 0 aromatic heterocycles. The van der Waals surface area contributed by atoms with Crippen molar-refractivity contribution in [3.8, 4) is 17.2 Å². The summed E-state index contributed by atoms with van der Waals surface area (Å²) in [5.41, 5.74) is 0.721. The lowest BCUT2D eigenvalue weighted by atomic mass is 10.2. The van der Waals surface area contributed by atoms with Gasteiger partial charge in [0.15, 0.2) is 0 Å². The van der Waals surface area contributed by atoms with Gasteiger partial charge in [-0.2, -0.15) is 0 Å². The molecule has 2 aromatic rings. The second-order valence-corrected chi connectivity index (χ2v) is 5.53. The number of carbonyl (C=O) groups excluding carboxylic acids is 2. The minimum Gasteiger partial charge on any atom is -0.496 e. The molecule has 138 valence electrons. The van der Waals surface area contributed by atoms with Gasteiger partial charge in [-0.3, -0.25) is 9.59 Å². The van der Waals surface area contributed by atoms with Crippen molar-refractivity contribution in [3.05, 3.63) is 47.0 Å². The van der Waals surface area contributed by atoms with Crippen LogP contribution in [0.15, 0.2) is 36.4 Å². The highest BCUT2D eigenvalue weighted by atomic mass is 35.5. The highest BCUT2D eigenvalue weighted by Crippen LogP contribution is 2.35. The zero-order chi connectivity index (χ0) is 19.1. The van der Waals surface area contributed by atoms with Crippen LogP contribution < -0.4 is 24.8 Å². The molecule has 0 fully saturated rings. The molecule has 0 aliphatic carbocycles. The molecular weight excluding hydrogens is 360 g/mol. The average Bonchev–Trinajstić information content (AvgIpc) is 2.66. The number of halogens is 1. The molecule has 0 radical (unpaired) electrons. The average molecular weight is 379 g/mol. The lowest BCUT2D eigenvalue weighted by Crippen LogP contribution is -2.33. The molecule has 2 N–H and O–H groups in total. The summed E-state index contributed by atoms with van der Waals surface area (Å²) < 4.78 is 15.5. The van der Waals surface area contributed by atoms with Crippen LogP contribution in [0.25, 0.3) is 0 Å². The third-order valence-electron chi connectivity index (χ3n) is 3.51. The topological polar surface area (TPSA) is 85.9 Å². The van der Waals surface area contributed by atoms with Crippen molar-refractivity contribution in [2.75, 3.05) is 33.2 Å². The molecule has 0 saturated carbocycles. The fraction of sp³-hybridized carbons (Fsp3) is 0.222. The van der Waals surface area contributed by atoms with Crippen molar-refractivity contribution in [2.45, 2.75) is 0 Å². The van der Waals surface area contributed by atoms with Gasteiger partial charge in [0.2, 0.25) is 5.91 Å². The Labute approximate surface area is 156 Å². The van der Waals surface area contributed by atoms with Crippen LogP contribution in [-0.2, 0) is 4.79 Å². The van der Waals surface area contributed by atoms with E-state index >= 15 is 0 Å². The Balaban J connectivity index is 2.04. The van der Waals surface area contributed by atoms with E-state index in [9.17, 15) is 9.59 Å². The zero-order valence-electron chi connectivity index (χ0n) is 14.6. The van der Waals surface area contributed by atoms with Gasteiger partial charge in [0.05, 0.1) is 44.1 Å². The van der Waals surface area contributed by atoms with E-state index in [1.807, 2.05) is 0 Å². The number of amides is 2. The van der Waals surface area contributed by atoms with E-state index in [1.165, 1.54) is 27.4 Å². The highest BCUT2D eigenvalue weighted by molar-refractivity contribution is 6.32. The van der Waals surface area contributed by atoms with Crippen LogP contribution in [0.1, 0.15) is 10.4 Å². The van der Waals surface area contributed by atoms with E-state index < -0.39 is 11.8 Å². The van der Waals surface area contributed by atoms with Crippen LogP contribution in [0.4, 0.5) is 5.69 Å². The number of benzene rings is 2. The second kappa shape index (κ2) is 8.96. The molecule has 0 saturated heterocycles. The van der Waals surface area contributed by atoms with Gasteiger partial charge in [0, 0.05) is 12.1 Å². The van der Waals surface area contributed by atoms with Crippen LogP contribution in [0.5, 0.6) is 17.2 Å². The monoisotopic (exact) mass is 378 g/mol. The predicted octanol–water partition coefficient (Wildman–Crippen LogP) is 2.73. The van der Waals surface area contributed by atoms with E-state index in [0.29, 0.717) is 33.5 Å². The van der Waals surface area contributed by atoms with Crippen LogP contribution in [-0.4, -0.2) is 39.7 Å². The van der Waals surface area contributed by atoms with Crippen molar-refractivity contribution in [3.63, 3.8) is 0 Å². The molecular formula is C18H19ClN2O5. The van der Waals surface area contributed by atoms with Gasteiger partial charge < -0.3 is 24.8 Å². The first kappa shape index (κ1) is 19.4. The number of hydrogen-bond donors (Lipinski definition) is 2. The Morgan fingerprint density at radius 3 is 2.27 bits per heavy atom. The summed E-state index contributed by atoms with van der Waals surface area (Å²) in [5.74, 6) is 0.338. The standard InChI is InChI=1S/C18H19ClN2O5/c1-24-14-7-5-4-6-11(14)18(23)20-10-17(22)21-13-9-15(25-2)12(19)8-16(13)26-3/h4-9H,10H2,1-3H3,(H,20,23)(H,21,22). The van der Waals surface area contributed by atoms with Crippen molar-refractivity contribution >= 4 is 29.1 Å². The minimum atomic E-state index is -0.434. The normalized spacial score (nSPS) is 10.0. The van der Waals surface area contributed by atoms with Gasteiger partial charge in [-0.25, -0.2) is 0 Å². The van der Waals surface area contributed by atoms with E-state index in [-0.39, 0.29) is 6.54 Å². The van der Waals surface area contributed by atoms with Crippen molar-refractivity contribution in [2.24, 2.45) is 0 Å². The molecule has 7 nitrogen and oxygen atoms in total. The van der Waals surface area contributed by atoms with Crippen LogP contribution in [0, 0.1) is 0 Å². The van der Waals surface area contributed by atoms with Crippen LogP contribution >= 0.6 is 11.6 Å². The summed E-state index contributed by atoms with van der Waals surface area (Å²) >= 11 is 6.03. The highest BCUT2D eigenvalue weighted by Gasteiger charge is 2.15. The van der Waals surface area contributed by atoms with Crippen molar-refractivity contribution < 1.29 is 23.8 Å². The minimum absolute atomic E-state index is 0.231. The van der Waals surface area contributed by atoms with E-state index in [2.05, 4.69) is 10.6 Å².